The first-order valence-corrected chi connectivity index (χ1v) is 10.9. The highest BCUT2D eigenvalue weighted by Crippen LogP contribution is 2.26. The lowest BCUT2D eigenvalue weighted by molar-refractivity contribution is 0.0919. The van der Waals surface area contributed by atoms with Crippen LogP contribution in [0.25, 0.3) is 21.8 Å². The second kappa shape index (κ2) is 8.70. The van der Waals surface area contributed by atoms with Gasteiger partial charge < -0.3 is 9.13 Å². The fourth-order valence-electron chi connectivity index (χ4n) is 4.29. The maximum atomic E-state index is 13.0. The van der Waals surface area contributed by atoms with E-state index in [2.05, 4.69) is 35.1 Å². The Morgan fingerprint density at radius 3 is 1.47 bits per heavy atom. The van der Waals surface area contributed by atoms with Crippen molar-refractivity contribution in [2.24, 2.45) is 0 Å². The Labute approximate surface area is 177 Å². The summed E-state index contributed by atoms with van der Waals surface area (Å²) in [5.41, 5.74) is 3.61. The third-order valence-corrected chi connectivity index (χ3v) is 5.69. The molecule has 0 aliphatic carbocycles. The molecule has 0 radical (unpaired) electrons. The molecule has 0 amide bonds. The van der Waals surface area contributed by atoms with E-state index in [0.717, 1.165) is 58.9 Å². The molecule has 0 fully saturated rings. The molecule has 4 nitrogen and oxygen atoms in total. The van der Waals surface area contributed by atoms with Gasteiger partial charge in [0.15, 0.2) is 11.6 Å². The van der Waals surface area contributed by atoms with Gasteiger partial charge in [-0.05, 0) is 25.0 Å². The third-order valence-electron chi connectivity index (χ3n) is 5.69. The number of benzene rings is 2. The van der Waals surface area contributed by atoms with Crippen LogP contribution in [0.3, 0.4) is 0 Å². The Balaban J connectivity index is 1.56. The number of fused-ring (bicyclic) bond motifs is 2. The predicted molar refractivity (Wildman–Crippen MR) is 122 cm³/mol. The molecule has 0 saturated heterocycles. The number of carbonyl (C=O) groups is 2. The molecule has 4 heteroatoms. The van der Waals surface area contributed by atoms with E-state index in [1.165, 1.54) is 0 Å². The van der Waals surface area contributed by atoms with Gasteiger partial charge in [-0.3, -0.25) is 9.59 Å². The van der Waals surface area contributed by atoms with Gasteiger partial charge in [-0.1, -0.05) is 50.2 Å². The van der Waals surface area contributed by atoms with Crippen molar-refractivity contribution in [3.63, 3.8) is 0 Å². The molecule has 4 rings (SSSR count). The molecule has 2 aromatic carbocycles. The number of hydrogen-bond donors (Lipinski definition) is 0. The number of Topliss-reactive ketones (excluding diaryl/α,β-unsaturated/α-hetero) is 2. The van der Waals surface area contributed by atoms with Crippen LogP contribution in [-0.2, 0) is 13.1 Å². The van der Waals surface area contributed by atoms with Crippen molar-refractivity contribution < 1.29 is 9.59 Å². The molecule has 30 heavy (non-hydrogen) atoms. The van der Waals surface area contributed by atoms with Crippen molar-refractivity contribution in [2.75, 3.05) is 0 Å². The zero-order valence-electron chi connectivity index (χ0n) is 17.7. The Kier molecular flexibility index (Phi) is 5.84. The molecule has 0 bridgehead atoms. The van der Waals surface area contributed by atoms with Crippen molar-refractivity contribution in [2.45, 2.75) is 52.6 Å². The third kappa shape index (κ3) is 3.70. The van der Waals surface area contributed by atoms with Gasteiger partial charge in [0.25, 0.3) is 0 Å². The van der Waals surface area contributed by atoms with Gasteiger partial charge in [-0.15, -0.1) is 0 Å². The van der Waals surface area contributed by atoms with E-state index in [-0.39, 0.29) is 24.4 Å². The first-order valence-electron chi connectivity index (χ1n) is 10.9. The second-order valence-electron chi connectivity index (χ2n) is 7.85. The summed E-state index contributed by atoms with van der Waals surface area (Å²) in [5, 5.41) is 1.95. The van der Waals surface area contributed by atoms with Crippen molar-refractivity contribution in [1.82, 2.24) is 9.13 Å². The van der Waals surface area contributed by atoms with E-state index in [1.54, 1.807) is 0 Å². The number of aromatic nitrogens is 2. The fraction of sp³-hybridized carbons (Fsp3) is 0.308. The molecule has 0 unspecified atom stereocenters. The number of carbonyl (C=O) groups excluding carboxylic acids is 2. The van der Waals surface area contributed by atoms with Gasteiger partial charge in [0.1, 0.15) is 0 Å². The number of nitrogens with zero attached hydrogens (tertiary/aromatic N) is 2. The van der Waals surface area contributed by atoms with Crippen LogP contribution in [-0.4, -0.2) is 20.7 Å². The Bertz CT molecular complexity index is 1120. The topological polar surface area (TPSA) is 44.0 Å². The Morgan fingerprint density at radius 2 is 1.07 bits per heavy atom. The van der Waals surface area contributed by atoms with Crippen molar-refractivity contribution in [3.8, 4) is 0 Å². The van der Waals surface area contributed by atoms with Crippen molar-refractivity contribution in [1.29, 1.82) is 0 Å². The van der Waals surface area contributed by atoms with E-state index in [9.17, 15) is 9.59 Å². The van der Waals surface area contributed by atoms with Gasteiger partial charge in [-0.25, -0.2) is 0 Å². The van der Waals surface area contributed by atoms with E-state index in [4.69, 9.17) is 0 Å². The minimum absolute atomic E-state index is 0.0340. The zero-order chi connectivity index (χ0) is 21.1. The SMILES string of the molecule is CCCn1cc(C(=O)CCC(=O)c2cn(CCC)c3ccccc23)c2ccccc21. The van der Waals surface area contributed by atoms with E-state index in [0.29, 0.717) is 0 Å². The maximum absolute atomic E-state index is 13.0. The summed E-state index contributed by atoms with van der Waals surface area (Å²) in [6.45, 7) is 6.02. The minimum atomic E-state index is 0.0340. The van der Waals surface area contributed by atoms with Gasteiger partial charge in [0, 0.05) is 71.3 Å². The lowest BCUT2D eigenvalue weighted by Gasteiger charge is -2.01. The summed E-state index contributed by atoms with van der Waals surface area (Å²) >= 11 is 0. The molecule has 154 valence electrons. The number of aryl methyl sites for hydroxylation is 2. The Morgan fingerprint density at radius 1 is 0.667 bits per heavy atom. The lowest BCUT2D eigenvalue weighted by atomic mass is 10.0. The van der Waals surface area contributed by atoms with Crippen LogP contribution >= 0.6 is 0 Å². The second-order valence-corrected chi connectivity index (χ2v) is 7.85. The van der Waals surface area contributed by atoms with Crippen molar-refractivity contribution in [3.05, 3.63) is 72.1 Å². The molecule has 0 spiro atoms. The monoisotopic (exact) mass is 400 g/mol. The van der Waals surface area contributed by atoms with Crippen LogP contribution in [0.4, 0.5) is 0 Å². The minimum Gasteiger partial charge on any atom is -0.347 e. The highest BCUT2D eigenvalue weighted by molar-refractivity contribution is 6.12. The van der Waals surface area contributed by atoms with E-state index in [1.807, 2.05) is 48.8 Å². The zero-order valence-corrected chi connectivity index (χ0v) is 17.7. The predicted octanol–water partition coefficient (Wildman–Crippen LogP) is 6.26. The summed E-state index contributed by atoms with van der Waals surface area (Å²) in [6, 6.07) is 16.0. The van der Waals surface area contributed by atoms with Gasteiger partial charge in [0.05, 0.1) is 0 Å². The molecule has 2 heterocycles. The number of hydrogen-bond acceptors (Lipinski definition) is 2. The molecule has 0 aliphatic rings. The molecule has 2 aromatic heterocycles. The van der Waals surface area contributed by atoms with Gasteiger partial charge in [0.2, 0.25) is 0 Å². The molecular weight excluding hydrogens is 372 g/mol. The number of rotatable bonds is 9. The first kappa shape index (κ1) is 20.1. The number of ketones is 2. The molecule has 0 saturated carbocycles. The molecule has 4 aromatic rings. The fourth-order valence-corrected chi connectivity index (χ4v) is 4.29. The maximum Gasteiger partial charge on any atom is 0.165 e. The van der Waals surface area contributed by atoms with Crippen LogP contribution in [0, 0.1) is 0 Å². The van der Waals surface area contributed by atoms with E-state index < -0.39 is 0 Å². The highest BCUT2D eigenvalue weighted by Gasteiger charge is 2.19. The van der Waals surface area contributed by atoms with Crippen LogP contribution in [0.5, 0.6) is 0 Å². The van der Waals surface area contributed by atoms with Crippen LogP contribution < -0.4 is 0 Å². The summed E-state index contributed by atoms with van der Waals surface area (Å²) in [5.74, 6) is 0.0680. The van der Waals surface area contributed by atoms with Crippen LogP contribution in [0.1, 0.15) is 60.2 Å². The smallest absolute Gasteiger partial charge is 0.165 e. The van der Waals surface area contributed by atoms with E-state index >= 15 is 0 Å². The number of para-hydroxylation sites is 2. The Hall–Kier alpha value is -3.14. The van der Waals surface area contributed by atoms with Gasteiger partial charge in [-0.2, -0.15) is 0 Å². The molecule has 0 atom stereocenters. The normalized spacial score (nSPS) is 11.4. The molecule has 0 aliphatic heterocycles. The summed E-state index contributed by atoms with van der Waals surface area (Å²) in [7, 11) is 0. The standard InChI is InChI=1S/C26H28N2O2/c1-3-15-27-17-21(19-9-5-7-11-23(19)27)25(29)13-14-26(30)22-18-28(16-4-2)24-12-8-6-10-20(22)24/h5-12,17-18H,3-4,13-16H2,1-2H3. The van der Waals surface area contributed by atoms with Crippen LogP contribution in [0.2, 0.25) is 0 Å². The average molecular weight is 401 g/mol. The summed E-state index contributed by atoms with van der Waals surface area (Å²) in [4.78, 5) is 26.0. The molecular formula is C26H28N2O2. The largest absolute Gasteiger partial charge is 0.347 e. The summed E-state index contributed by atoms with van der Waals surface area (Å²) in [6.07, 6.45) is 6.37. The van der Waals surface area contributed by atoms with Gasteiger partial charge >= 0.3 is 0 Å². The lowest BCUT2D eigenvalue weighted by Crippen LogP contribution is -2.05. The van der Waals surface area contributed by atoms with Crippen LogP contribution in [0.15, 0.2) is 60.9 Å². The summed E-state index contributed by atoms with van der Waals surface area (Å²) < 4.78 is 4.28. The quantitative estimate of drug-likeness (QED) is 0.311. The highest BCUT2D eigenvalue weighted by atomic mass is 16.1. The van der Waals surface area contributed by atoms with Crippen molar-refractivity contribution >= 4 is 33.4 Å². The first-order chi connectivity index (χ1) is 14.6. The molecule has 0 N–H and O–H groups in total. The average Bonchev–Trinajstić information content (AvgIpc) is 3.32.